The Morgan fingerprint density at radius 2 is 2.10 bits per heavy atom. The Labute approximate surface area is 122 Å². The minimum atomic E-state index is 0.0420. The van der Waals surface area contributed by atoms with Crippen molar-refractivity contribution < 1.29 is 4.79 Å². The Kier molecular flexibility index (Phi) is 5.60. The minimum absolute atomic E-state index is 0.0420. The highest BCUT2D eigenvalue weighted by molar-refractivity contribution is 5.81. The maximum absolute atomic E-state index is 11.8. The van der Waals surface area contributed by atoms with Gasteiger partial charge in [-0.3, -0.25) is 4.79 Å². The molecule has 1 atom stereocenters. The number of hydrogen-bond donors (Lipinski definition) is 2. The van der Waals surface area contributed by atoms with Crippen molar-refractivity contribution in [2.24, 2.45) is 0 Å². The van der Waals surface area contributed by atoms with Gasteiger partial charge in [-0.25, -0.2) is 0 Å². The highest BCUT2D eigenvalue weighted by Gasteiger charge is 2.20. The molecule has 1 fully saturated rings. The van der Waals surface area contributed by atoms with Crippen LogP contribution in [-0.2, 0) is 11.2 Å². The predicted molar refractivity (Wildman–Crippen MR) is 82.9 cm³/mol. The zero-order valence-corrected chi connectivity index (χ0v) is 12.6. The van der Waals surface area contributed by atoms with E-state index in [0.29, 0.717) is 5.92 Å². The minimum Gasteiger partial charge on any atom is -0.355 e. The number of aryl methyl sites for hydroxylation is 1. The van der Waals surface area contributed by atoms with Gasteiger partial charge in [-0.1, -0.05) is 38.1 Å². The number of rotatable bonds is 6. The molecule has 2 N–H and O–H groups in total. The standard InChI is InChI=1S/C17H26N2O/c1-13(2)15-9-7-14(8-10-15)5-3-12-19-17(20)16-6-4-11-18-16/h7-10,13,16,18H,3-6,11-12H2,1-2H3,(H,19,20). The van der Waals surface area contributed by atoms with Crippen LogP contribution in [-0.4, -0.2) is 25.0 Å². The third kappa shape index (κ3) is 4.34. The summed E-state index contributed by atoms with van der Waals surface area (Å²) in [6, 6.07) is 8.87. The summed E-state index contributed by atoms with van der Waals surface area (Å²) in [4.78, 5) is 11.8. The van der Waals surface area contributed by atoms with E-state index < -0.39 is 0 Å². The Hall–Kier alpha value is -1.35. The summed E-state index contributed by atoms with van der Waals surface area (Å²) < 4.78 is 0. The van der Waals surface area contributed by atoms with Crippen molar-refractivity contribution in [3.8, 4) is 0 Å². The van der Waals surface area contributed by atoms with Gasteiger partial charge in [-0.2, -0.15) is 0 Å². The lowest BCUT2D eigenvalue weighted by molar-refractivity contribution is -0.122. The number of hydrogen-bond acceptors (Lipinski definition) is 2. The lowest BCUT2D eigenvalue weighted by atomic mass is 10.0. The van der Waals surface area contributed by atoms with Crippen LogP contribution in [0.1, 0.15) is 50.2 Å². The summed E-state index contributed by atoms with van der Waals surface area (Å²) in [5.74, 6) is 0.750. The average molecular weight is 274 g/mol. The van der Waals surface area contributed by atoms with Crippen LogP contribution in [0.3, 0.4) is 0 Å². The molecule has 2 rings (SSSR count). The van der Waals surface area contributed by atoms with E-state index in [0.717, 1.165) is 38.8 Å². The van der Waals surface area contributed by atoms with E-state index in [1.165, 1.54) is 11.1 Å². The van der Waals surface area contributed by atoms with Crippen molar-refractivity contribution >= 4 is 5.91 Å². The van der Waals surface area contributed by atoms with Crippen LogP contribution >= 0.6 is 0 Å². The fourth-order valence-corrected chi connectivity index (χ4v) is 2.60. The van der Waals surface area contributed by atoms with E-state index in [9.17, 15) is 4.79 Å². The molecule has 1 saturated heterocycles. The normalized spacial score (nSPS) is 18.4. The summed E-state index contributed by atoms with van der Waals surface area (Å²) >= 11 is 0. The molecule has 110 valence electrons. The van der Waals surface area contributed by atoms with Crippen molar-refractivity contribution in [1.29, 1.82) is 0 Å². The lowest BCUT2D eigenvalue weighted by Crippen LogP contribution is -2.40. The van der Waals surface area contributed by atoms with E-state index >= 15 is 0 Å². The predicted octanol–water partition coefficient (Wildman–Crippen LogP) is 2.61. The monoisotopic (exact) mass is 274 g/mol. The molecule has 1 amide bonds. The topological polar surface area (TPSA) is 41.1 Å². The molecule has 3 nitrogen and oxygen atoms in total. The van der Waals surface area contributed by atoms with Crippen LogP contribution < -0.4 is 10.6 Å². The number of carbonyl (C=O) groups excluding carboxylic acids is 1. The third-order valence-electron chi connectivity index (χ3n) is 3.96. The summed E-state index contributed by atoms with van der Waals surface area (Å²) in [6.07, 6.45) is 4.11. The van der Waals surface area contributed by atoms with Gasteiger partial charge in [0.25, 0.3) is 0 Å². The fraction of sp³-hybridized carbons (Fsp3) is 0.588. The average Bonchev–Trinajstić information content (AvgIpc) is 2.98. The zero-order chi connectivity index (χ0) is 14.4. The van der Waals surface area contributed by atoms with Crippen molar-refractivity contribution in [2.75, 3.05) is 13.1 Å². The van der Waals surface area contributed by atoms with Gasteiger partial charge in [0.1, 0.15) is 0 Å². The molecule has 1 aliphatic rings. The second-order valence-corrected chi connectivity index (χ2v) is 5.94. The molecular formula is C17H26N2O. The number of amides is 1. The summed E-state index contributed by atoms with van der Waals surface area (Å²) in [5.41, 5.74) is 2.73. The molecule has 1 heterocycles. The Balaban J connectivity index is 1.66. The van der Waals surface area contributed by atoms with Gasteiger partial charge < -0.3 is 10.6 Å². The second kappa shape index (κ2) is 7.44. The number of carbonyl (C=O) groups is 1. The first-order valence-electron chi connectivity index (χ1n) is 7.77. The molecule has 20 heavy (non-hydrogen) atoms. The molecule has 1 unspecified atom stereocenters. The molecule has 1 aliphatic heterocycles. The van der Waals surface area contributed by atoms with Gasteiger partial charge in [0.15, 0.2) is 0 Å². The van der Waals surface area contributed by atoms with Crippen LogP contribution in [0.15, 0.2) is 24.3 Å². The van der Waals surface area contributed by atoms with Crippen molar-refractivity contribution in [3.63, 3.8) is 0 Å². The highest BCUT2D eigenvalue weighted by Crippen LogP contribution is 2.15. The molecule has 0 saturated carbocycles. The van der Waals surface area contributed by atoms with Gasteiger partial charge in [0.05, 0.1) is 6.04 Å². The van der Waals surface area contributed by atoms with Crippen molar-refractivity contribution in [3.05, 3.63) is 35.4 Å². The van der Waals surface area contributed by atoms with Crippen molar-refractivity contribution in [1.82, 2.24) is 10.6 Å². The first-order chi connectivity index (χ1) is 9.66. The number of benzene rings is 1. The summed E-state index contributed by atoms with van der Waals surface area (Å²) in [5, 5.41) is 6.24. The Bertz CT molecular complexity index is 419. The maximum Gasteiger partial charge on any atom is 0.237 e. The largest absolute Gasteiger partial charge is 0.355 e. The van der Waals surface area contributed by atoms with Gasteiger partial charge in [0.2, 0.25) is 5.91 Å². The first kappa shape index (κ1) is 15.0. The van der Waals surface area contributed by atoms with E-state index in [-0.39, 0.29) is 11.9 Å². The van der Waals surface area contributed by atoms with Crippen LogP contribution in [0.4, 0.5) is 0 Å². The molecule has 0 aromatic heterocycles. The molecule has 0 spiro atoms. The molecule has 1 aromatic carbocycles. The molecule has 1 aromatic rings. The van der Waals surface area contributed by atoms with E-state index in [4.69, 9.17) is 0 Å². The summed E-state index contributed by atoms with van der Waals surface area (Å²) in [7, 11) is 0. The van der Waals surface area contributed by atoms with E-state index in [2.05, 4.69) is 48.7 Å². The molecule has 0 aliphatic carbocycles. The summed E-state index contributed by atoms with van der Waals surface area (Å²) in [6.45, 7) is 6.16. The molecular weight excluding hydrogens is 248 g/mol. The maximum atomic E-state index is 11.8. The van der Waals surface area contributed by atoms with Crippen LogP contribution in [0, 0.1) is 0 Å². The molecule has 3 heteroatoms. The van der Waals surface area contributed by atoms with E-state index in [1.54, 1.807) is 0 Å². The van der Waals surface area contributed by atoms with Gasteiger partial charge >= 0.3 is 0 Å². The first-order valence-corrected chi connectivity index (χ1v) is 7.77. The zero-order valence-electron chi connectivity index (χ0n) is 12.6. The highest BCUT2D eigenvalue weighted by atomic mass is 16.2. The SMILES string of the molecule is CC(C)c1ccc(CCCNC(=O)C2CCCN2)cc1. The smallest absolute Gasteiger partial charge is 0.237 e. The lowest BCUT2D eigenvalue weighted by Gasteiger charge is -2.11. The van der Waals surface area contributed by atoms with Crippen LogP contribution in [0.2, 0.25) is 0 Å². The van der Waals surface area contributed by atoms with Crippen molar-refractivity contribution in [2.45, 2.75) is 51.5 Å². The Morgan fingerprint density at radius 1 is 1.35 bits per heavy atom. The van der Waals surface area contributed by atoms with Gasteiger partial charge in [-0.05, 0) is 49.3 Å². The fourth-order valence-electron chi connectivity index (χ4n) is 2.60. The van der Waals surface area contributed by atoms with E-state index in [1.807, 2.05) is 0 Å². The Morgan fingerprint density at radius 3 is 2.70 bits per heavy atom. The third-order valence-corrected chi connectivity index (χ3v) is 3.96. The van der Waals surface area contributed by atoms with Crippen LogP contribution in [0.5, 0.6) is 0 Å². The quantitative estimate of drug-likeness (QED) is 0.783. The molecule has 0 bridgehead atoms. The number of nitrogens with one attached hydrogen (secondary N) is 2. The van der Waals surface area contributed by atoms with Crippen LogP contribution in [0.25, 0.3) is 0 Å². The van der Waals surface area contributed by atoms with Gasteiger partial charge in [0, 0.05) is 6.54 Å². The molecule has 0 radical (unpaired) electrons. The van der Waals surface area contributed by atoms with Gasteiger partial charge in [-0.15, -0.1) is 0 Å². The second-order valence-electron chi connectivity index (χ2n) is 5.94.